The fourth-order valence-electron chi connectivity index (χ4n) is 1.71. The van der Waals surface area contributed by atoms with Gasteiger partial charge in [-0.25, -0.2) is 0 Å². The van der Waals surface area contributed by atoms with Gasteiger partial charge in [-0.2, -0.15) is 13.2 Å². The lowest BCUT2D eigenvalue weighted by atomic mass is 10.2. The molecule has 0 aromatic heterocycles. The van der Waals surface area contributed by atoms with Crippen molar-refractivity contribution in [2.45, 2.75) is 13.1 Å². The molecule has 1 N–H and O–H groups in total. The molecule has 0 heterocycles. The maximum atomic E-state index is 12.3. The Morgan fingerprint density at radius 1 is 1.09 bits per heavy atom. The molecule has 0 atom stereocenters. The molecule has 0 bridgehead atoms. The Morgan fingerprint density at radius 2 is 1.74 bits per heavy atom. The van der Waals surface area contributed by atoms with E-state index in [1.807, 2.05) is 0 Å². The molecule has 0 aliphatic rings. The van der Waals surface area contributed by atoms with Crippen LogP contribution in [0.4, 0.5) is 18.9 Å². The van der Waals surface area contributed by atoms with E-state index < -0.39 is 12.1 Å². The van der Waals surface area contributed by atoms with Crippen LogP contribution < -0.4 is 10.1 Å². The van der Waals surface area contributed by atoms with E-state index in [0.29, 0.717) is 16.3 Å². The maximum Gasteiger partial charge on any atom is 0.471 e. The summed E-state index contributed by atoms with van der Waals surface area (Å²) in [5.74, 6) is -1.51. The van der Waals surface area contributed by atoms with Gasteiger partial charge in [0.15, 0.2) is 0 Å². The number of nitrogens with one attached hydrogen (secondary N) is 1. The fraction of sp³-hybridized carbons (Fsp3) is 0.133. The van der Waals surface area contributed by atoms with Crippen LogP contribution in [0.15, 0.2) is 36.4 Å². The standard InChI is InChI=1S/C15H10Cl2F3NO2/c1-8-6-13(23-12-5-3-2-4-9(12)16)10(17)7-11(8)21-14(22)15(18,19)20/h2-7H,1H3,(H,21,22). The minimum atomic E-state index is -4.98. The first-order chi connectivity index (χ1) is 10.7. The molecule has 2 rings (SSSR count). The van der Waals surface area contributed by atoms with E-state index in [1.54, 1.807) is 29.6 Å². The van der Waals surface area contributed by atoms with Gasteiger partial charge in [0, 0.05) is 5.69 Å². The summed E-state index contributed by atoms with van der Waals surface area (Å²) in [5.41, 5.74) is 0.304. The minimum absolute atomic E-state index is 0.0352. The van der Waals surface area contributed by atoms with Crippen molar-refractivity contribution in [1.29, 1.82) is 0 Å². The van der Waals surface area contributed by atoms with E-state index in [-0.39, 0.29) is 16.5 Å². The molecule has 0 spiro atoms. The van der Waals surface area contributed by atoms with Crippen molar-refractivity contribution in [2.24, 2.45) is 0 Å². The smallest absolute Gasteiger partial charge is 0.454 e. The zero-order valence-electron chi connectivity index (χ0n) is 11.7. The van der Waals surface area contributed by atoms with Crippen molar-refractivity contribution in [3.63, 3.8) is 0 Å². The average molecular weight is 364 g/mol. The highest BCUT2D eigenvalue weighted by Gasteiger charge is 2.38. The molecule has 0 saturated carbocycles. The Balaban J connectivity index is 2.27. The SMILES string of the molecule is Cc1cc(Oc2ccccc2Cl)c(Cl)cc1NC(=O)C(F)(F)F. The van der Waals surface area contributed by atoms with Crippen molar-refractivity contribution in [1.82, 2.24) is 0 Å². The van der Waals surface area contributed by atoms with E-state index in [1.165, 1.54) is 19.1 Å². The van der Waals surface area contributed by atoms with E-state index >= 15 is 0 Å². The Bertz CT molecular complexity index is 748. The first-order valence-electron chi connectivity index (χ1n) is 6.29. The second-order valence-electron chi connectivity index (χ2n) is 4.58. The summed E-state index contributed by atoms with van der Waals surface area (Å²) in [6.07, 6.45) is -4.98. The molecule has 2 aromatic carbocycles. The van der Waals surface area contributed by atoms with E-state index in [4.69, 9.17) is 27.9 Å². The predicted molar refractivity (Wildman–Crippen MR) is 82.4 cm³/mol. The fourth-order valence-corrected chi connectivity index (χ4v) is 2.08. The lowest BCUT2D eigenvalue weighted by molar-refractivity contribution is -0.167. The molecule has 23 heavy (non-hydrogen) atoms. The van der Waals surface area contributed by atoms with Crippen LogP contribution in [-0.2, 0) is 4.79 Å². The van der Waals surface area contributed by atoms with Crippen LogP contribution in [0, 0.1) is 6.92 Å². The molecule has 0 radical (unpaired) electrons. The summed E-state index contributed by atoms with van der Waals surface area (Å²) in [6.45, 7) is 1.52. The Labute approximate surface area is 140 Å². The molecule has 3 nitrogen and oxygen atoms in total. The molecule has 0 unspecified atom stereocenters. The number of aryl methyl sites for hydroxylation is 1. The van der Waals surface area contributed by atoms with Gasteiger partial charge in [-0.3, -0.25) is 4.79 Å². The van der Waals surface area contributed by atoms with Crippen LogP contribution in [0.5, 0.6) is 11.5 Å². The second kappa shape index (κ2) is 6.68. The number of amides is 1. The van der Waals surface area contributed by atoms with Crippen molar-refractivity contribution < 1.29 is 22.7 Å². The number of benzene rings is 2. The first-order valence-corrected chi connectivity index (χ1v) is 7.05. The summed E-state index contributed by atoms with van der Waals surface area (Å²) in [5, 5.41) is 2.16. The zero-order chi connectivity index (χ0) is 17.2. The third kappa shape index (κ3) is 4.30. The lowest BCUT2D eigenvalue weighted by Crippen LogP contribution is -2.30. The van der Waals surface area contributed by atoms with Crippen LogP contribution in [0.1, 0.15) is 5.56 Å². The second-order valence-corrected chi connectivity index (χ2v) is 5.40. The molecular formula is C15H10Cl2F3NO2. The van der Waals surface area contributed by atoms with E-state index in [2.05, 4.69) is 0 Å². The number of hydrogen-bond donors (Lipinski definition) is 1. The van der Waals surface area contributed by atoms with Crippen molar-refractivity contribution in [2.75, 3.05) is 5.32 Å². The summed E-state index contributed by atoms with van der Waals surface area (Å²) < 4.78 is 42.4. The summed E-state index contributed by atoms with van der Waals surface area (Å²) in [4.78, 5) is 11.0. The lowest BCUT2D eigenvalue weighted by Gasteiger charge is -2.14. The molecule has 0 saturated heterocycles. The molecule has 122 valence electrons. The van der Waals surface area contributed by atoms with Gasteiger partial charge in [0.05, 0.1) is 10.0 Å². The largest absolute Gasteiger partial charge is 0.471 e. The van der Waals surface area contributed by atoms with Gasteiger partial charge < -0.3 is 10.1 Å². The molecule has 0 fully saturated rings. The van der Waals surface area contributed by atoms with Crippen molar-refractivity contribution in [3.05, 3.63) is 52.0 Å². The number of halogens is 5. The van der Waals surface area contributed by atoms with E-state index in [9.17, 15) is 18.0 Å². The topological polar surface area (TPSA) is 38.3 Å². The monoisotopic (exact) mass is 363 g/mol. The van der Waals surface area contributed by atoms with Crippen molar-refractivity contribution >= 4 is 34.8 Å². The summed E-state index contributed by atoms with van der Waals surface area (Å²) >= 11 is 12.0. The van der Waals surface area contributed by atoms with Crippen LogP contribution in [0.3, 0.4) is 0 Å². The first kappa shape index (κ1) is 17.4. The van der Waals surface area contributed by atoms with E-state index in [0.717, 1.165) is 0 Å². The number of rotatable bonds is 3. The van der Waals surface area contributed by atoms with Gasteiger partial charge in [-0.15, -0.1) is 0 Å². The molecule has 1 amide bonds. The number of carbonyl (C=O) groups excluding carboxylic acids is 1. The number of para-hydroxylation sites is 1. The number of anilines is 1. The van der Waals surface area contributed by atoms with Crippen LogP contribution in [-0.4, -0.2) is 12.1 Å². The molecule has 0 aliphatic carbocycles. The number of alkyl halides is 3. The zero-order valence-corrected chi connectivity index (χ0v) is 13.2. The van der Waals surface area contributed by atoms with Gasteiger partial charge in [0.1, 0.15) is 11.5 Å². The summed E-state index contributed by atoms with van der Waals surface area (Å²) in [7, 11) is 0. The van der Waals surface area contributed by atoms with Gasteiger partial charge in [0.25, 0.3) is 0 Å². The van der Waals surface area contributed by atoms with Gasteiger partial charge in [-0.1, -0.05) is 35.3 Å². The van der Waals surface area contributed by atoms with Gasteiger partial charge in [0.2, 0.25) is 0 Å². The molecule has 0 aliphatic heterocycles. The molecular weight excluding hydrogens is 354 g/mol. The molecule has 2 aromatic rings. The normalized spacial score (nSPS) is 11.2. The Hall–Kier alpha value is -1.92. The van der Waals surface area contributed by atoms with Gasteiger partial charge >= 0.3 is 12.1 Å². The average Bonchev–Trinajstić information content (AvgIpc) is 2.45. The quantitative estimate of drug-likeness (QED) is 0.771. The Kier molecular flexibility index (Phi) is 5.06. The van der Waals surface area contributed by atoms with Crippen LogP contribution in [0.25, 0.3) is 0 Å². The highest BCUT2D eigenvalue weighted by atomic mass is 35.5. The third-order valence-corrected chi connectivity index (χ3v) is 3.45. The highest BCUT2D eigenvalue weighted by Crippen LogP contribution is 2.36. The Morgan fingerprint density at radius 3 is 2.35 bits per heavy atom. The third-order valence-electron chi connectivity index (χ3n) is 2.84. The van der Waals surface area contributed by atoms with Crippen LogP contribution in [0.2, 0.25) is 10.0 Å². The number of hydrogen-bond acceptors (Lipinski definition) is 2. The maximum absolute atomic E-state index is 12.3. The minimum Gasteiger partial charge on any atom is -0.454 e. The predicted octanol–water partition coefficient (Wildman–Crippen LogP) is 5.59. The highest BCUT2D eigenvalue weighted by molar-refractivity contribution is 6.33. The van der Waals surface area contributed by atoms with Gasteiger partial charge in [-0.05, 0) is 36.8 Å². The molecule has 8 heteroatoms. The van der Waals surface area contributed by atoms with Crippen LogP contribution >= 0.6 is 23.2 Å². The summed E-state index contributed by atoms with van der Waals surface area (Å²) in [6, 6.07) is 9.27. The number of ether oxygens (including phenoxy) is 1. The van der Waals surface area contributed by atoms with Crippen molar-refractivity contribution in [3.8, 4) is 11.5 Å². The number of carbonyl (C=O) groups is 1.